The Morgan fingerprint density at radius 1 is 0.862 bits per heavy atom. The number of quaternary nitrogens is 1. The van der Waals surface area contributed by atoms with Gasteiger partial charge in [0, 0.05) is 16.8 Å². The van der Waals surface area contributed by atoms with Gasteiger partial charge in [0.05, 0.1) is 0 Å². The number of rotatable bonds is 8. The largest absolute Gasteiger partial charge is 0.435 e. The number of carbonyl (C=O) groups is 1. The van der Waals surface area contributed by atoms with E-state index in [1.165, 1.54) is 12.1 Å². The second-order valence-electron chi connectivity index (χ2n) is 6.67. The Balaban J connectivity index is 1.78. The molecule has 4 nitrogen and oxygen atoms in total. The monoisotopic (exact) mass is 397 g/mol. The summed E-state index contributed by atoms with van der Waals surface area (Å²) in [6.45, 7) is -1.03. The Kier molecular flexibility index (Phi) is 6.92. The van der Waals surface area contributed by atoms with Gasteiger partial charge in [-0.25, -0.2) is 0 Å². The summed E-state index contributed by atoms with van der Waals surface area (Å²) in [5, 5.41) is 4.86. The van der Waals surface area contributed by atoms with E-state index in [2.05, 4.69) is 10.1 Å². The molecular formula is C23H23F2N2O2+. The molecule has 150 valence electrons. The van der Waals surface area contributed by atoms with Crippen molar-refractivity contribution in [3.8, 4) is 5.75 Å². The van der Waals surface area contributed by atoms with Crippen LogP contribution in [0.2, 0.25) is 0 Å². The summed E-state index contributed by atoms with van der Waals surface area (Å²) in [5.74, 6) is -0.0137. The van der Waals surface area contributed by atoms with E-state index >= 15 is 0 Å². The highest BCUT2D eigenvalue weighted by Gasteiger charge is 2.25. The van der Waals surface area contributed by atoms with Crippen LogP contribution in [0.4, 0.5) is 14.5 Å². The van der Waals surface area contributed by atoms with Gasteiger partial charge in [-0.15, -0.1) is 0 Å². The van der Waals surface area contributed by atoms with Crippen molar-refractivity contribution in [2.45, 2.75) is 25.6 Å². The van der Waals surface area contributed by atoms with Gasteiger partial charge in [-0.1, -0.05) is 48.5 Å². The maximum Gasteiger partial charge on any atom is 0.387 e. The predicted octanol–water partition coefficient (Wildman–Crippen LogP) is 3.97. The van der Waals surface area contributed by atoms with Crippen LogP contribution in [0.1, 0.15) is 24.1 Å². The van der Waals surface area contributed by atoms with Crippen LogP contribution in [0.25, 0.3) is 0 Å². The Bertz CT molecular complexity index is 903. The van der Waals surface area contributed by atoms with E-state index in [-0.39, 0.29) is 23.7 Å². The molecule has 0 aliphatic heterocycles. The minimum absolute atomic E-state index is 0.102. The molecule has 0 saturated heterocycles. The van der Waals surface area contributed by atoms with Gasteiger partial charge in [0.2, 0.25) is 0 Å². The number of halogens is 2. The van der Waals surface area contributed by atoms with Crippen LogP contribution in [0, 0.1) is 0 Å². The molecule has 3 N–H and O–H groups in total. The van der Waals surface area contributed by atoms with E-state index < -0.39 is 6.61 Å². The Hall–Kier alpha value is -3.25. The normalized spacial score (nSPS) is 13.0. The predicted molar refractivity (Wildman–Crippen MR) is 108 cm³/mol. The average Bonchev–Trinajstić information content (AvgIpc) is 2.73. The smallest absolute Gasteiger partial charge is 0.387 e. The standard InChI is InChI=1S/C23H22F2N2O2/c1-16(22(28)27-19-10-6-3-7-11-19)26-21(17-8-4-2-5-9-17)18-12-14-20(15-13-18)29-23(24)25/h2-16,21,23,26H,1H3,(H,27,28)/p+1/t16-,21-/m1/s1. The molecule has 29 heavy (non-hydrogen) atoms. The summed E-state index contributed by atoms with van der Waals surface area (Å²) in [5.41, 5.74) is 2.63. The zero-order valence-electron chi connectivity index (χ0n) is 16.0. The highest BCUT2D eigenvalue weighted by Crippen LogP contribution is 2.22. The van der Waals surface area contributed by atoms with Crippen LogP contribution in [-0.2, 0) is 4.79 Å². The van der Waals surface area contributed by atoms with Crippen molar-refractivity contribution in [3.63, 3.8) is 0 Å². The number of nitrogens with two attached hydrogens (primary N) is 1. The summed E-state index contributed by atoms with van der Waals surface area (Å²) < 4.78 is 29.3. The molecular weight excluding hydrogens is 374 g/mol. The lowest BCUT2D eigenvalue weighted by atomic mass is 9.97. The molecule has 0 unspecified atom stereocenters. The van der Waals surface area contributed by atoms with Gasteiger partial charge in [0.15, 0.2) is 6.04 Å². The van der Waals surface area contributed by atoms with E-state index in [0.29, 0.717) is 0 Å². The third-order valence-electron chi connectivity index (χ3n) is 4.56. The average molecular weight is 397 g/mol. The summed E-state index contributed by atoms with van der Waals surface area (Å²) in [7, 11) is 0. The molecule has 0 aromatic heterocycles. The number of anilines is 1. The van der Waals surface area contributed by atoms with Crippen molar-refractivity contribution in [3.05, 3.63) is 96.1 Å². The molecule has 0 radical (unpaired) electrons. The number of hydrogen-bond donors (Lipinski definition) is 2. The molecule has 2 atom stereocenters. The first-order chi connectivity index (χ1) is 14.0. The molecule has 3 rings (SSSR count). The molecule has 0 spiro atoms. The second kappa shape index (κ2) is 9.80. The SMILES string of the molecule is C[C@@H]([NH2+][C@H](c1ccccc1)c1ccc(OC(F)F)cc1)C(=O)Nc1ccccc1. The molecule has 6 heteroatoms. The summed E-state index contributed by atoms with van der Waals surface area (Å²) in [4.78, 5) is 12.6. The Labute approximate surface area is 168 Å². The van der Waals surface area contributed by atoms with Crippen LogP contribution in [0.15, 0.2) is 84.9 Å². The van der Waals surface area contributed by atoms with Gasteiger partial charge in [0.25, 0.3) is 5.91 Å². The first-order valence-electron chi connectivity index (χ1n) is 9.33. The highest BCUT2D eigenvalue weighted by molar-refractivity contribution is 5.93. The number of para-hydroxylation sites is 1. The van der Waals surface area contributed by atoms with E-state index in [1.807, 2.05) is 72.9 Å². The van der Waals surface area contributed by atoms with E-state index in [4.69, 9.17) is 0 Å². The fourth-order valence-corrected chi connectivity index (χ4v) is 3.09. The zero-order chi connectivity index (χ0) is 20.6. The topological polar surface area (TPSA) is 54.9 Å². The number of alkyl halides is 2. The van der Waals surface area contributed by atoms with Gasteiger partial charge in [0.1, 0.15) is 11.8 Å². The van der Waals surface area contributed by atoms with Gasteiger partial charge in [-0.3, -0.25) is 4.79 Å². The molecule has 0 fully saturated rings. The zero-order valence-corrected chi connectivity index (χ0v) is 16.0. The van der Waals surface area contributed by atoms with Crippen molar-refractivity contribution in [1.29, 1.82) is 0 Å². The summed E-state index contributed by atoms with van der Waals surface area (Å²) in [6.07, 6.45) is 0. The maximum absolute atomic E-state index is 12.6. The molecule has 0 saturated carbocycles. The molecule has 0 bridgehead atoms. The van der Waals surface area contributed by atoms with E-state index in [0.717, 1.165) is 16.8 Å². The molecule has 0 aliphatic carbocycles. The quantitative estimate of drug-likeness (QED) is 0.604. The lowest BCUT2D eigenvalue weighted by Gasteiger charge is -2.21. The third kappa shape index (κ3) is 5.86. The van der Waals surface area contributed by atoms with Gasteiger partial charge in [-0.05, 0) is 43.3 Å². The number of carbonyl (C=O) groups excluding carboxylic acids is 1. The lowest BCUT2D eigenvalue weighted by molar-refractivity contribution is -0.704. The highest BCUT2D eigenvalue weighted by atomic mass is 19.3. The van der Waals surface area contributed by atoms with Gasteiger partial charge < -0.3 is 15.4 Å². The number of nitrogens with one attached hydrogen (secondary N) is 1. The third-order valence-corrected chi connectivity index (χ3v) is 4.56. The number of hydrogen-bond acceptors (Lipinski definition) is 2. The molecule has 3 aromatic carbocycles. The lowest BCUT2D eigenvalue weighted by Crippen LogP contribution is -2.92. The first-order valence-corrected chi connectivity index (χ1v) is 9.33. The van der Waals surface area contributed by atoms with Crippen LogP contribution in [0.3, 0.4) is 0 Å². The number of benzene rings is 3. The van der Waals surface area contributed by atoms with Crippen LogP contribution >= 0.6 is 0 Å². The van der Waals surface area contributed by atoms with Crippen molar-refractivity contribution in [2.24, 2.45) is 0 Å². The van der Waals surface area contributed by atoms with Crippen LogP contribution in [0.5, 0.6) is 5.75 Å². The van der Waals surface area contributed by atoms with E-state index in [9.17, 15) is 13.6 Å². The maximum atomic E-state index is 12.6. The molecule has 0 heterocycles. The first kappa shape index (κ1) is 20.5. The van der Waals surface area contributed by atoms with Gasteiger partial charge in [-0.2, -0.15) is 8.78 Å². The van der Waals surface area contributed by atoms with Crippen LogP contribution in [-0.4, -0.2) is 18.6 Å². The molecule has 1 amide bonds. The number of ether oxygens (including phenoxy) is 1. The van der Waals surface area contributed by atoms with Gasteiger partial charge >= 0.3 is 6.61 Å². The fourth-order valence-electron chi connectivity index (χ4n) is 3.09. The van der Waals surface area contributed by atoms with Crippen molar-refractivity contribution in [2.75, 3.05) is 5.32 Å². The second-order valence-corrected chi connectivity index (χ2v) is 6.67. The Morgan fingerprint density at radius 3 is 2.00 bits per heavy atom. The minimum atomic E-state index is -2.86. The molecule has 0 aliphatic rings. The van der Waals surface area contributed by atoms with Crippen molar-refractivity contribution < 1.29 is 23.6 Å². The van der Waals surface area contributed by atoms with Crippen LogP contribution < -0.4 is 15.4 Å². The van der Waals surface area contributed by atoms with Crippen molar-refractivity contribution >= 4 is 11.6 Å². The molecule has 3 aromatic rings. The summed E-state index contributed by atoms with van der Waals surface area (Å²) >= 11 is 0. The number of amides is 1. The fraction of sp³-hybridized carbons (Fsp3) is 0.174. The minimum Gasteiger partial charge on any atom is -0.435 e. The van der Waals surface area contributed by atoms with E-state index in [1.54, 1.807) is 12.1 Å². The Morgan fingerprint density at radius 2 is 1.41 bits per heavy atom. The van der Waals surface area contributed by atoms with Crippen molar-refractivity contribution in [1.82, 2.24) is 0 Å². The summed E-state index contributed by atoms with van der Waals surface area (Å²) in [6, 6.07) is 25.0.